The number of aliphatic imine (C=N–C) groups is 1. The van der Waals surface area contributed by atoms with E-state index in [1.165, 1.54) is 6.07 Å². The first-order chi connectivity index (χ1) is 16.5. The molecular weight excluding hydrogens is 498 g/mol. The van der Waals surface area contributed by atoms with Gasteiger partial charge in [-0.25, -0.2) is 36.7 Å². The minimum Gasteiger partial charge on any atom is -0.390 e. The van der Waals surface area contributed by atoms with Crippen molar-refractivity contribution in [3.8, 4) is 11.1 Å². The van der Waals surface area contributed by atoms with Crippen LogP contribution in [-0.2, 0) is 26.6 Å². The van der Waals surface area contributed by atoms with Crippen LogP contribution in [0.4, 0.5) is 0 Å². The summed E-state index contributed by atoms with van der Waals surface area (Å²) in [6.45, 7) is -0.495. The van der Waals surface area contributed by atoms with Gasteiger partial charge in [0.1, 0.15) is 15.6 Å². The zero-order chi connectivity index (χ0) is 25.4. The number of hydrogen-bond donors (Lipinski definition) is 6. The Balaban J connectivity index is 1.98. The number of aromatic nitrogens is 2. The lowest BCUT2D eigenvalue weighted by Gasteiger charge is -2.18. The summed E-state index contributed by atoms with van der Waals surface area (Å²) in [5.41, 5.74) is 13.0. The number of benzene rings is 2. The van der Waals surface area contributed by atoms with Crippen molar-refractivity contribution in [1.82, 2.24) is 14.7 Å². The minimum atomic E-state index is -4.63. The Morgan fingerprint density at radius 1 is 1.14 bits per heavy atom. The topological polar surface area (TPSA) is 244 Å². The third-order valence-electron chi connectivity index (χ3n) is 5.18. The Morgan fingerprint density at radius 3 is 2.54 bits per heavy atom. The third kappa shape index (κ3) is 4.98. The van der Waals surface area contributed by atoms with E-state index in [0.29, 0.717) is 28.0 Å². The third-order valence-corrected chi connectivity index (χ3v) is 7.77. The number of nitrogens with zero attached hydrogens (tertiary/aromatic N) is 4. The normalized spacial score (nSPS) is 15.0. The van der Waals surface area contributed by atoms with Crippen molar-refractivity contribution in [3.05, 3.63) is 41.7 Å². The van der Waals surface area contributed by atoms with E-state index in [4.69, 9.17) is 16.6 Å². The van der Waals surface area contributed by atoms with Gasteiger partial charge < -0.3 is 21.6 Å². The van der Waals surface area contributed by atoms with E-state index in [1.54, 1.807) is 18.2 Å². The number of nitrogens with one attached hydrogen (secondary N) is 2. The molecule has 14 nitrogen and oxygen atoms in total. The molecule has 0 bridgehead atoms. The molecule has 0 saturated carbocycles. The summed E-state index contributed by atoms with van der Waals surface area (Å²) < 4.78 is 53.8. The Hall–Kier alpha value is -3.12. The molecule has 35 heavy (non-hydrogen) atoms. The molecule has 2 heterocycles. The zero-order valence-corrected chi connectivity index (χ0v) is 19.8. The number of fused-ring (bicyclic) bond motifs is 1. The van der Waals surface area contributed by atoms with Crippen molar-refractivity contribution >= 4 is 36.9 Å². The number of azo groups is 1. The highest BCUT2D eigenvalue weighted by Crippen LogP contribution is 2.35. The number of rotatable bonds is 9. The average Bonchev–Trinajstić information content (AvgIpc) is 3.50. The summed E-state index contributed by atoms with van der Waals surface area (Å²) in [6.07, 6.45) is -1.17. The van der Waals surface area contributed by atoms with Crippen LogP contribution in [0.5, 0.6) is 0 Å². The number of aliphatic hydroxyl groups excluding tert-OH is 1. The Labute approximate surface area is 200 Å². The Morgan fingerprint density at radius 2 is 1.91 bits per heavy atom. The van der Waals surface area contributed by atoms with Crippen LogP contribution in [0.15, 0.2) is 55.3 Å². The number of nitrogens with two attached hydrogens (primary N) is 3. The van der Waals surface area contributed by atoms with Crippen molar-refractivity contribution in [2.24, 2.45) is 31.8 Å². The molecule has 1 aromatic heterocycles. The molecule has 4 rings (SSSR count). The van der Waals surface area contributed by atoms with Gasteiger partial charge in [0.25, 0.3) is 0 Å². The lowest BCUT2D eigenvalue weighted by molar-refractivity contribution is 0.186. The zero-order valence-electron chi connectivity index (χ0n) is 18.2. The molecule has 9 N–H and O–H groups in total. The summed E-state index contributed by atoms with van der Waals surface area (Å²) in [5.74, 6) is 0.471. The van der Waals surface area contributed by atoms with Gasteiger partial charge in [0.05, 0.1) is 29.2 Å². The van der Waals surface area contributed by atoms with Crippen LogP contribution in [-0.4, -0.2) is 63.6 Å². The van der Waals surface area contributed by atoms with E-state index < -0.39 is 42.5 Å². The maximum absolute atomic E-state index is 13.0. The maximum atomic E-state index is 13.0. The Kier molecular flexibility index (Phi) is 6.78. The predicted octanol–water partition coefficient (Wildman–Crippen LogP) is -0.896. The van der Waals surface area contributed by atoms with Crippen LogP contribution in [0.25, 0.3) is 22.2 Å². The first-order valence-corrected chi connectivity index (χ1v) is 13.3. The highest BCUT2D eigenvalue weighted by Gasteiger charge is 2.32. The van der Waals surface area contributed by atoms with Crippen LogP contribution >= 0.6 is 0 Å². The fourth-order valence-corrected chi connectivity index (χ4v) is 6.24. The first kappa shape index (κ1) is 25.0. The van der Waals surface area contributed by atoms with E-state index in [-0.39, 0.29) is 31.2 Å². The minimum absolute atomic E-state index is 0.0593. The molecular formula is C19H23N9O5S2. The van der Waals surface area contributed by atoms with E-state index in [0.717, 1.165) is 6.07 Å². The molecule has 16 heteroatoms. The summed E-state index contributed by atoms with van der Waals surface area (Å²) in [4.78, 5) is 10.2. The number of aromatic amines is 1. The largest absolute Gasteiger partial charge is 0.390 e. The van der Waals surface area contributed by atoms with Gasteiger partial charge in [0, 0.05) is 13.1 Å². The van der Waals surface area contributed by atoms with Crippen molar-refractivity contribution in [2.45, 2.75) is 22.4 Å². The van der Waals surface area contributed by atoms with E-state index in [9.17, 15) is 21.9 Å². The number of amidine groups is 1. The molecule has 2 aromatic carbocycles. The highest BCUT2D eigenvalue weighted by atomic mass is 32.2. The van der Waals surface area contributed by atoms with Gasteiger partial charge in [-0.15, -0.1) is 5.11 Å². The Bertz CT molecular complexity index is 1560. The summed E-state index contributed by atoms with van der Waals surface area (Å²) in [5, 5.41) is 22.9. The number of aliphatic hydroxyl groups is 1. The summed E-state index contributed by atoms with van der Waals surface area (Å²) >= 11 is 0. The van der Waals surface area contributed by atoms with Gasteiger partial charge in [-0.2, -0.15) is 5.11 Å². The van der Waals surface area contributed by atoms with Gasteiger partial charge in [-0.05, 0) is 29.3 Å². The first-order valence-electron chi connectivity index (χ1n) is 10.2. The van der Waals surface area contributed by atoms with E-state index in [1.807, 2.05) is 0 Å². The van der Waals surface area contributed by atoms with Gasteiger partial charge >= 0.3 is 0 Å². The average molecular weight is 522 g/mol. The van der Waals surface area contributed by atoms with Gasteiger partial charge in [0.2, 0.25) is 20.0 Å². The molecule has 0 radical (unpaired) electrons. The monoisotopic (exact) mass is 521 g/mol. The number of primary sulfonamides is 1. The number of H-pyrrole nitrogens is 1. The molecule has 0 saturated heterocycles. The van der Waals surface area contributed by atoms with Crippen LogP contribution in [0.3, 0.4) is 0 Å². The molecule has 0 fully saturated rings. The van der Waals surface area contributed by atoms with Gasteiger partial charge in [-0.3, -0.25) is 0 Å². The quantitative estimate of drug-likeness (QED) is 0.205. The van der Waals surface area contributed by atoms with Gasteiger partial charge in [-0.1, -0.05) is 12.1 Å². The van der Waals surface area contributed by atoms with Crippen molar-refractivity contribution < 1.29 is 21.9 Å². The maximum Gasteiger partial charge on any atom is 0.242 e. The van der Waals surface area contributed by atoms with Crippen LogP contribution in [0.1, 0.15) is 11.4 Å². The summed E-state index contributed by atoms with van der Waals surface area (Å²) in [7, 11) is -9.07. The molecule has 0 spiro atoms. The fraction of sp³-hybridized carbons (Fsp3) is 0.263. The second kappa shape index (κ2) is 9.50. The SMILES string of the molecule is NCc1nc2ccc(-c3ccc(S(=O)(=O)NC[C@H](O)CN)c(S(N)(=O)=O)c3C3=NCN=N3)cc2[nH]1. The van der Waals surface area contributed by atoms with Crippen LogP contribution in [0, 0.1) is 0 Å². The van der Waals surface area contributed by atoms with E-state index in [2.05, 4.69) is 29.9 Å². The molecule has 3 aromatic rings. The molecule has 0 amide bonds. The fourth-order valence-electron chi connectivity index (χ4n) is 3.57. The van der Waals surface area contributed by atoms with Crippen molar-refractivity contribution in [3.63, 3.8) is 0 Å². The second-order valence-electron chi connectivity index (χ2n) is 7.59. The smallest absolute Gasteiger partial charge is 0.242 e. The molecule has 0 unspecified atom stereocenters. The number of imidazole rings is 1. The molecule has 1 aliphatic rings. The molecule has 1 atom stereocenters. The van der Waals surface area contributed by atoms with Crippen LogP contribution < -0.4 is 21.3 Å². The standard InChI is InChI=1S/C19H23N9O5S2/c20-6-11(29)8-25-35(32,33)15-4-2-12(10-1-3-13-14(5-10)27-16(7-21)26-13)17(18(15)34(22,30)31)19-23-9-24-28-19/h1-5,11,25,29H,6-9,20-21H2,(H,26,27)(H2,22,30,31)/t11-/m1/s1. The molecule has 1 aliphatic heterocycles. The van der Waals surface area contributed by atoms with Crippen molar-refractivity contribution in [1.29, 1.82) is 0 Å². The molecule has 186 valence electrons. The van der Waals surface area contributed by atoms with E-state index >= 15 is 0 Å². The van der Waals surface area contributed by atoms with Crippen molar-refractivity contribution in [2.75, 3.05) is 19.8 Å². The summed E-state index contributed by atoms with van der Waals surface area (Å²) in [6, 6.07) is 7.65. The molecule has 0 aliphatic carbocycles. The number of sulfonamides is 2. The second-order valence-corrected chi connectivity index (χ2v) is 10.8. The number of hydrogen-bond acceptors (Lipinski definition) is 11. The van der Waals surface area contributed by atoms with Crippen LogP contribution in [0.2, 0.25) is 0 Å². The van der Waals surface area contributed by atoms with Gasteiger partial charge in [0.15, 0.2) is 12.5 Å². The predicted molar refractivity (Wildman–Crippen MR) is 127 cm³/mol. The lowest BCUT2D eigenvalue weighted by Crippen LogP contribution is -2.37. The highest BCUT2D eigenvalue weighted by molar-refractivity contribution is 7.92. The lowest BCUT2D eigenvalue weighted by atomic mass is 9.98.